The average molecular weight is 582 g/mol. The number of nitrogens with zero attached hydrogens (tertiary/aromatic N) is 4. The van der Waals surface area contributed by atoms with Gasteiger partial charge in [0.25, 0.3) is 0 Å². The molecule has 3 aliphatic rings. The maximum absolute atomic E-state index is 6.37. The Kier molecular flexibility index (Phi) is 8.72. The highest BCUT2D eigenvalue weighted by molar-refractivity contribution is 7.99. The summed E-state index contributed by atoms with van der Waals surface area (Å²) < 4.78 is 0. The first-order valence-corrected chi connectivity index (χ1v) is 16.0. The Bertz CT molecular complexity index is 1250. The summed E-state index contributed by atoms with van der Waals surface area (Å²) >= 11 is 14.2. The fourth-order valence-corrected chi connectivity index (χ4v) is 7.82. The highest BCUT2D eigenvalue weighted by Crippen LogP contribution is 2.48. The van der Waals surface area contributed by atoms with Crippen molar-refractivity contribution >= 4 is 46.5 Å². The lowest BCUT2D eigenvalue weighted by Gasteiger charge is -2.47. The topological polar surface area (TPSA) is 22.6 Å². The summed E-state index contributed by atoms with van der Waals surface area (Å²) in [6, 6.07) is 18.8. The molecule has 0 radical (unpaired) electrons. The monoisotopic (exact) mass is 580 g/mol. The summed E-state index contributed by atoms with van der Waals surface area (Å²) in [5.74, 6) is 1.07. The van der Waals surface area contributed by atoms with E-state index < -0.39 is 0 Å². The minimum atomic E-state index is 0.578. The van der Waals surface area contributed by atoms with E-state index in [1.54, 1.807) is 11.8 Å². The van der Waals surface area contributed by atoms with Gasteiger partial charge in [0.05, 0.1) is 10.6 Å². The van der Waals surface area contributed by atoms with Gasteiger partial charge in [-0.1, -0.05) is 53.5 Å². The van der Waals surface area contributed by atoms with Crippen LogP contribution in [-0.2, 0) is 6.54 Å². The van der Waals surface area contributed by atoms with E-state index in [2.05, 4.69) is 45.0 Å². The Morgan fingerprint density at radius 1 is 0.744 bits per heavy atom. The lowest BCUT2D eigenvalue weighted by atomic mass is 9.71. The van der Waals surface area contributed by atoms with Gasteiger partial charge in [0.1, 0.15) is 5.82 Å². The second-order valence-electron chi connectivity index (χ2n) is 11.5. The van der Waals surface area contributed by atoms with Crippen molar-refractivity contribution in [1.82, 2.24) is 14.8 Å². The number of rotatable bonds is 8. The summed E-state index contributed by atoms with van der Waals surface area (Å²) in [6.45, 7) is 8.25. The number of hydrogen-bond donors (Lipinski definition) is 0. The van der Waals surface area contributed by atoms with Crippen molar-refractivity contribution in [2.24, 2.45) is 5.41 Å². The van der Waals surface area contributed by atoms with E-state index in [1.807, 2.05) is 30.5 Å². The first-order valence-electron chi connectivity index (χ1n) is 14.5. The maximum atomic E-state index is 6.37. The third kappa shape index (κ3) is 6.60. The molecule has 4 heterocycles. The van der Waals surface area contributed by atoms with Crippen molar-refractivity contribution in [3.05, 3.63) is 76.4 Å². The molecule has 4 nitrogen and oxygen atoms in total. The van der Waals surface area contributed by atoms with Crippen LogP contribution in [-0.4, -0.2) is 54.1 Å². The van der Waals surface area contributed by atoms with Gasteiger partial charge in [-0.25, -0.2) is 4.98 Å². The van der Waals surface area contributed by atoms with E-state index >= 15 is 0 Å². The summed E-state index contributed by atoms with van der Waals surface area (Å²) in [6.07, 6.45) is 11.0. The number of likely N-dealkylation sites (tertiary alicyclic amines) is 2. The quantitative estimate of drug-likeness (QED) is 0.248. The first-order chi connectivity index (χ1) is 19.1. The van der Waals surface area contributed by atoms with Crippen molar-refractivity contribution in [3.8, 4) is 0 Å². The van der Waals surface area contributed by atoms with Crippen LogP contribution >= 0.6 is 35.0 Å². The number of unbranched alkanes of at least 4 members (excludes halogenated alkanes) is 2. The molecule has 6 rings (SSSR count). The molecule has 0 saturated carbocycles. The van der Waals surface area contributed by atoms with Gasteiger partial charge in [-0.05, 0) is 125 Å². The van der Waals surface area contributed by atoms with Crippen molar-refractivity contribution in [2.45, 2.75) is 61.3 Å². The van der Waals surface area contributed by atoms with Crippen LogP contribution in [0.4, 0.5) is 11.5 Å². The SMILES string of the molecule is Clc1ccc(CN2CCC3(CCN(CCCCCN4c5cc(Cl)ccc5Sc5cccnc54)CC3)CC2)cc1. The average Bonchev–Trinajstić information content (AvgIpc) is 2.96. The number of aromatic nitrogens is 1. The van der Waals surface area contributed by atoms with E-state index in [0.717, 1.165) is 35.4 Å². The molecule has 0 amide bonds. The van der Waals surface area contributed by atoms with Crippen molar-refractivity contribution < 1.29 is 0 Å². The minimum absolute atomic E-state index is 0.578. The van der Waals surface area contributed by atoms with Crippen LogP contribution in [0.1, 0.15) is 50.5 Å². The zero-order chi connectivity index (χ0) is 26.7. The van der Waals surface area contributed by atoms with Crippen LogP contribution in [0.25, 0.3) is 0 Å². The standard InChI is InChI=1S/C32H38Cl2N4S/c33-26-8-6-25(7-9-26)24-37-21-14-32(15-22-37)12-19-36(20-13-32)17-2-1-3-18-38-28-23-27(34)10-11-29(28)39-30-5-4-16-35-31(30)38/h4-11,16,23H,1-3,12-15,17-22,24H2. The number of anilines is 2. The highest BCUT2D eigenvalue weighted by atomic mass is 35.5. The van der Waals surface area contributed by atoms with Crippen molar-refractivity contribution in [1.29, 1.82) is 0 Å². The molecule has 0 bridgehead atoms. The lowest BCUT2D eigenvalue weighted by molar-refractivity contribution is 0.0319. The lowest BCUT2D eigenvalue weighted by Crippen LogP contribution is -2.46. The molecule has 1 aromatic heterocycles. The second kappa shape index (κ2) is 12.4. The molecule has 3 aromatic rings. The third-order valence-electron chi connectivity index (χ3n) is 8.95. The van der Waals surface area contributed by atoms with E-state index in [-0.39, 0.29) is 0 Å². The van der Waals surface area contributed by atoms with Gasteiger partial charge < -0.3 is 9.80 Å². The largest absolute Gasteiger partial charge is 0.324 e. The molecule has 0 unspecified atom stereocenters. The molecule has 2 aromatic carbocycles. The second-order valence-corrected chi connectivity index (χ2v) is 13.5. The van der Waals surface area contributed by atoms with Crippen LogP contribution in [0, 0.1) is 5.41 Å². The Morgan fingerprint density at radius 2 is 1.44 bits per heavy atom. The van der Waals surface area contributed by atoms with Crippen LogP contribution in [0.2, 0.25) is 10.0 Å². The smallest absolute Gasteiger partial charge is 0.147 e. The van der Waals surface area contributed by atoms with Crippen molar-refractivity contribution in [3.63, 3.8) is 0 Å². The zero-order valence-corrected chi connectivity index (χ0v) is 25.0. The summed E-state index contributed by atoms with van der Waals surface area (Å²) in [5.41, 5.74) is 3.14. The minimum Gasteiger partial charge on any atom is -0.324 e. The molecular weight excluding hydrogens is 543 g/mol. The first kappa shape index (κ1) is 27.4. The molecule has 2 fully saturated rings. The molecule has 0 atom stereocenters. The van der Waals surface area contributed by atoms with Gasteiger partial charge in [-0.3, -0.25) is 4.90 Å². The number of pyridine rings is 1. The van der Waals surface area contributed by atoms with Gasteiger partial charge in [-0.15, -0.1) is 0 Å². The fourth-order valence-electron chi connectivity index (χ4n) is 6.48. The van der Waals surface area contributed by atoms with Crippen LogP contribution in [0.15, 0.2) is 70.6 Å². The number of benzene rings is 2. The van der Waals surface area contributed by atoms with E-state index in [0.29, 0.717) is 5.41 Å². The predicted octanol–water partition coefficient (Wildman–Crippen LogP) is 8.54. The van der Waals surface area contributed by atoms with Gasteiger partial charge in [0, 0.05) is 34.2 Å². The number of halogens is 2. The molecule has 1 spiro atoms. The van der Waals surface area contributed by atoms with Gasteiger partial charge in [0.2, 0.25) is 0 Å². The maximum Gasteiger partial charge on any atom is 0.147 e. The predicted molar refractivity (Wildman–Crippen MR) is 165 cm³/mol. The third-order valence-corrected chi connectivity index (χ3v) is 10.5. The highest BCUT2D eigenvalue weighted by Gasteiger charge is 2.37. The van der Waals surface area contributed by atoms with Crippen LogP contribution < -0.4 is 4.90 Å². The Morgan fingerprint density at radius 3 is 2.21 bits per heavy atom. The summed E-state index contributed by atoms with van der Waals surface area (Å²) in [4.78, 5) is 14.9. The molecule has 0 N–H and O–H groups in total. The Balaban J connectivity index is 0.926. The molecule has 3 aliphatic heterocycles. The summed E-state index contributed by atoms with van der Waals surface area (Å²) in [5, 5.41) is 1.61. The van der Waals surface area contributed by atoms with Crippen molar-refractivity contribution in [2.75, 3.05) is 44.2 Å². The Labute approximate surface area is 247 Å². The van der Waals surface area contributed by atoms with E-state index in [1.165, 1.54) is 92.3 Å². The summed E-state index contributed by atoms with van der Waals surface area (Å²) in [7, 11) is 0. The van der Waals surface area contributed by atoms with Crippen LogP contribution in [0.5, 0.6) is 0 Å². The number of hydrogen-bond acceptors (Lipinski definition) is 5. The normalized spacial score (nSPS) is 19.2. The Hall–Kier alpha value is -1.76. The molecular formula is C32H38Cl2N4S. The van der Waals surface area contributed by atoms with Gasteiger partial charge in [-0.2, -0.15) is 0 Å². The number of fused-ring (bicyclic) bond motifs is 2. The molecule has 2 saturated heterocycles. The zero-order valence-electron chi connectivity index (χ0n) is 22.6. The molecule has 39 heavy (non-hydrogen) atoms. The molecule has 7 heteroatoms. The van der Waals surface area contributed by atoms with E-state index in [4.69, 9.17) is 28.2 Å². The van der Waals surface area contributed by atoms with Crippen LogP contribution in [0.3, 0.4) is 0 Å². The van der Waals surface area contributed by atoms with Gasteiger partial charge in [0.15, 0.2) is 0 Å². The van der Waals surface area contributed by atoms with E-state index in [9.17, 15) is 0 Å². The number of piperidine rings is 2. The molecule has 0 aliphatic carbocycles. The van der Waals surface area contributed by atoms with Gasteiger partial charge >= 0.3 is 0 Å². The fraction of sp³-hybridized carbons (Fsp3) is 0.469. The molecule has 206 valence electrons.